The van der Waals surface area contributed by atoms with Gasteiger partial charge in [0.15, 0.2) is 0 Å². The van der Waals surface area contributed by atoms with Crippen LogP contribution in [0.25, 0.3) is 0 Å². The minimum Gasteiger partial charge on any atom is -0.323 e. The van der Waals surface area contributed by atoms with Crippen molar-refractivity contribution in [1.29, 1.82) is 0 Å². The molecule has 3 amide bonds. The standard InChI is InChI=1S/C17H17N3O2/c1-10-6-8-12(9-7-10)18-17(22)20-15-13-5-3-4-11(2)14(13)19-16(15)21/h3-9,15H,1-2H3,(H,19,21)(H2,18,20,22)/t15-/m0/s1. The molecule has 22 heavy (non-hydrogen) atoms. The van der Waals surface area contributed by atoms with E-state index in [9.17, 15) is 9.59 Å². The van der Waals surface area contributed by atoms with Gasteiger partial charge in [-0.1, -0.05) is 35.9 Å². The Kier molecular flexibility index (Phi) is 3.55. The number of nitrogens with one attached hydrogen (secondary N) is 3. The molecule has 0 unspecified atom stereocenters. The third kappa shape index (κ3) is 2.65. The van der Waals surface area contributed by atoms with Crippen LogP contribution < -0.4 is 16.0 Å². The van der Waals surface area contributed by atoms with Crippen molar-refractivity contribution < 1.29 is 9.59 Å². The smallest absolute Gasteiger partial charge is 0.320 e. The Morgan fingerprint density at radius 3 is 2.55 bits per heavy atom. The van der Waals surface area contributed by atoms with Gasteiger partial charge in [-0.05, 0) is 31.5 Å². The molecular weight excluding hydrogens is 278 g/mol. The second kappa shape index (κ2) is 5.52. The minimum absolute atomic E-state index is 0.219. The monoisotopic (exact) mass is 295 g/mol. The second-order valence-electron chi connectivity index (χ2n) is 5.43. The SMILES string of the molecule is Cc1ccc(NC(=O)N[C@@H]2C(=O)Nc3c(C)cccc32)cc1. The van der Waals surface area contributed by atoms with Gasteiger partial charge < -0.3 is 16.0 Å². The summed E-state index contributed by atoms with van der Waals surface area (Å²) in [5.74, 6) is -0.219. The molecule has 1 aliphatic heterocycles. The summed E-state index contributed by atoms with van der Waals surface area (Å²) in [6, 6.07) is 12.0. The second-order valence-corrected chi connectivity index (χ2v) is 5.43. The number of hydrogen-bond donors (Lipinski definition) is 3. The van der Waals surface area contributed by atoms with E-state index < -0.39 is 12.1 Å². The zero-order valence-corrected chi connectivity index (χ0v) is 12.4. The summed E-state index contributed by atoms with van der Waals surface area (Å²) in [6.45, 7) is 3.90. The third-order valence-corrected chi connectivity index (χ3v) is 3.71. The number of aryl methyl sites for hydroxylation is 2. The molecule has 3 N–H and O–H groups in total. The highest BCUT2D eigenvalue weighted by Gasteiger charge is 2.32. The van der Waals surface area contributed by atoms with Crippen LogP contribution in [0.2, 0.25) is 0 Å². The van der Waals surface area contributed by atoms with Gasteiger partial charge in [0.05, 0.1) is 0 Å². The average molecular weight is 295 g/mol. The van der Waals surface area contributed by atoms with E-state index in [0.29, 0.717) is 5.69 Å². The Labute approximate surface area is 128 Å². The van der Waals surface area contributed by atoms with E-state index in [-0.39, 0.29) is 5.91 Å². The Morgan fingerprint density at radius 1 is 1.09 bits per heavy atom. The number of anilines is 2. The van der Waals surface area contributed by atoms with Crippen molar-refractivity contribution in [1.82, 2.24) is 5.32 Å². The van der Waals surface area contributed by atoms with Crippen LogP contribution in [0.1, 0.15) is 22.7 Å². The quantitative estimate of drug-likeness (QED) is 0.796. The Bertz CT molecular complexity index is 738. The summed E-state index contributed by atoms with van der Waals surface area (Å²) in [7, 11) is 0. The van der Waals surface area contributed by atoms with E-state index in [1.54, 1.807) is 0 Å². The molecule has 0 bridgehead atoms. The van der Waals surface area contributed by atoms with Crippen LogP contribution in [0.4, 0.5) is 16.2 Å². The number of urea groups is 1. The van der Waals surface area contributed by atoms with Crippen LogP contribution in [0.3, 0.4) is 0 Å². The van der Waals surface area contributed by atoms with Crippen molar-refractivity contribution in [2.24, 2.45) is 0 Å². The zero-order valence-electron chi connectivity index (χ0n) is 12.4. The molecule has 0 saturated heterocycles. The molecule has 0 saturated carbocycles. The largest absolute Gasteiger partial charge is 0.323 e. The van der Waals surface area contributed by atoms with Crippen LogP contribution in [-0.2, 0) is 4.79 Å². The predicted molar refractivity (Wildman–Crippen MR) is 85.9 cm³/mol. The molecule has 1 aliphatic rings. The average Bonchev–Trinajstić information content (AvgIpc) is 2.80. The lowest BCUT2D eigenvalue weighted by Crippen LogP contribution is -2.36. The highest BCUT2D eigenvalue weighted by molar-refractivity contribution is 6.06. The number of carbonyl (C=O) groups excluding carboxylic acids is 2. The van der Waals surface area contributed by atoms with Gasteiger partial charge in [-0.3, -0.25) is 4.79 Å². The van der Waals surface area contributed by atoms with E-state index in [1.807, 2.05) is 56.3 Å². The number of carbonyl (C=O) groups is 2. The van der Waals surface area contributed by atoms with Crippen molar-refractivity contribution in [3.05, 3.63) is 59.2 Å². The maximum Gasteiger partial charge on any atom is 0.320 e. The molecule has 1 atom stereocenters. The van der Waals surface area contributed by atoms with Gasteiger partial charge >= 0.3 is 6.03 Å². The molecule has 1 heterocycles. The molecule has 3 rings (SSSR count). The first-order chi connectivity index (χ1) is 10.5. The van der Waals surface area contributed by atoms with Crippen molar-refractivity contribution in [3.8, 4) is 0 Å². The van der Waals surface area contributed by atoms with Gasteiger partial charge in [0, 0.05) is 16.9 Å². The number of fused-ring (bicyclic) bond motifs is 1. The fraction of sp³-hybridized carbons (Fsp3) is 0.176. The van der Waals surface area contributed by atoms with Gasteiger partial charge in [0.25, 0.3) is 5.91 Å². The lowest BCUT2D eigenvalue weighted by Gasteiger charge is -2.13. The first kappa shape index (κ1) is 14.1. The summed E-state index contributed by atoms with van der Waals surface area (Å²) in [5, 5.41) is 8.26. The first-order valence-corrected chi connectivity index (χ1v) is 7.09. The van der Waals surface area contributed by atoms with E-state index in [4.69, 9.17) is 0 Å². The molecule has 0 fully saturated rings. The van der Waals surface area contributed by atoms with Gasteiger partial charge in [-0.25, -0.2) is 4.79 Å². The summed E-state index contributed by atoms with van der Waals surface area (Å²) < 4.78 is 0. The van der Waals surface area contributed by atoms with Crippen LogP contribution in [-0.4, -0.2) is 11.9 Å². The predicted octanol–water partition coefficient (Wildman–Crippen LogP) is 3.12. The molecule has 112 valence electrons. The maximum absolute atomic E-state index is 12.1. The molecule has 0 spiro atoms. The van der Waals surface area contributed by atoms with Crippen molar-refractivity contribution in [3.63, 3.8) is 0 Å². The van der Waals surface area contributed by atoms with Gasteiger partial charge in [-0.2, -0.15) is 0 Å². The van der Waals surface area contributed by atoms with E-state index in [0.717, 1.165) is 22.4 Å². The lowest BCUT2D eigenvalue weighted by atomic mass is 10.1. The third-order valence-electron chi connectivity index (χ3n) is 3.71. The minimum atomic E-state index is -0.666. The fourth-order valence-corrected chi connectivity index (χ4v) is 2.52. The summed E-state index contributed by atoms with van der Waals surface area (Å²) >= 11 is 0. The Balaban J connectivity index is 1.74. The summed E-state index contributed by atoms with van der Waals surface area (Å²) in [6.07, 6.45) is 0. The van der Waals surface area contributed by atoms with Gasteiger partial charge in [0.2, 0.25) is 0 Å². The summed E-state index contributed by atoms with van der Waals surface area (Å²) in [5.41, 5.74) is 4.36. The molecule has 5 nitrogen and oxygen atoms in total. The lowest BCUT2D eigenvalue weighted by molar-refractivity contribution is -0.117. The van der Waals surface area contributed by atoms with E-state index in [2.05, 4.69) is 16.0 Å². The van der Waals surface area contributed by atoms with Crippen molar-refractivity contribution in [2.75, 3.05) is 10.6 Å². The van der Waals surface area contributed by atoms with Crippen LogP contribution in [0.5, 0.6) is 0 Å². The van der Waals surface area contributed by atoms with E-state index in [1.165, 1.54) is 0 Å². The number of para-hydroxylation sites is 1. The summed E-state index contributed by atoms with van der Waals surface area (Å²) in [4.78, 5) is 24.2. The van der Waals surface area contributed by atoms with Crippen LogP contribution in [0, 0.1) is 13.8 Å². The number of benzene rings is 2. The van der Waals surface area contributed by atoms with E-state index >= 15 is 0 Å². The van der Waals surface area contributed by atoms with Crippen LogP contribution in [0.15, 0.2) is 42.5 Å². The van der Waals surface area contributed by atoms with Crippen LogP contribution >= 0.6 is 0 Å². The number of amides is 3. The van der Waals surface area contributed by atoms with Crippen molar-refractivity contribution in [2.45, 2.75) is 19.9 Å². The van der Waals surface area contributed by atoms with Crippen molar-refractivity contribution >= 4 is 23.3 Å². The van der Waals surface area contributed by atoms with Gasteiger partial charge in [-0.15, -0.1) is 0 Å². The molecule has 2 aromatic carbocycles. The molecule has 2 aromatic rings. The molecule has 0 aromatic heterocycles. The first-order valence-electron chi connectivity index (χ1n) is 7.09. The highest BCUT2D eigenvalue weighted by Crippen LogP contribution is 2.33. The topological polar surface area (TPSA) is 70.2 Å². The number of rotatable bonds is 2. The van der Waals surface area contributed by atoms with Gasteiger partial charge in [0.1, 0.15) is 6.04 Å². The number of hydrogen-bond acceptors (Lipinski definition) is 2. The highest BCUT2D eigenvalue weighted by atomic mass is 16.2. The molecule has 0 aliphatic carbocycles. The fourth-order valence-electron chi connectivity index (χ4n) is 2.52. The normalized spacial score (nSPS) is 15.9. The molecule has 5 heteroatoms. The maximum atomic E-state index is 12.1. The Hall–Kier alpha value is -2.82. The molecule has 0 radical (unpaired) electrons. The Morgan fingerprint density at radius 2 is 1.82 bits per heavy atom. The molecular formula is C17H17N3O2. The zero-order chi connectivity index (χ0) is 15.7.